The van der Waals surface area contributed by atoms with Crippen molar-refractivity contribution < 1.29 is 9.84 Å². The molecule has 0 fully saturated rings. The van der Waals surface area contributed by atoms with Crippen LogP contribution in [0, 0.1) is 0 Å². The molecule has 1 N–H and O–H groups in total. The Balaban J connectivity index is 3.26. The van der Waals surface area contributed by atoms with Crippen molar-refractivity contribution in [1.82, 2.24) is 0 Å². The molecule has 0 heterocycles. The highest BCUT2D eigenvalue weighted by molar-refractivity contribution is 4.52. The average molecular weight is 146 g/mol. The first-order valence-electron chi connectivity index (χ1n) is 4.00. The summed E-state index contributed by atoms with van der Waals surface area (Å²) in [4.78, 5) is 0. The summed E-state index contributed by atoms with van der Waals surface area (Å²) in [5.74, 6) is 0. The van der Waals surface area contributed by atoms with Crippen molar-refractivity contribution in [3.63, 3.8) is 0 Å². The molecule has 0 aliphatic carbocycles. The van der Waals surface area contributed by atoms with Crippen molar-refractivity contribution in [2.45, 2.75) is 45.8 Å². The first kappa shape index (κ1) is 9.92. The van der Waals surface area contributed by atoms with E-state index in [2.05, 4.69) is 13.8 Å². The number of aliphatic hydroxyl groups is 1. The summed E-state index contributed by atoms with van der Waals surface area (Å²) in [6, 6.07) is 0. The summed E-state index contributed by atoms with van der Waals surface area (Å²) >= 11 is 0. The van der Waals surface area contributed by atoms with Crippen LogP contribution < -0.4 is 0 Å². The van der Waals surface area contributed by atoms with Crippen LogP contribution in [-0.4, -0.2) is 23.9 Å². The summed E-state index contributed by atoms with van der Waals surface area (Å²) in [5.41, 5.74) is 0. The summed E-state index contributed by atoms with van der Waals surface area (Å²) in [6.45, 7) is 6.39. The van der Waals surface area contributed by atoms with E-state index in [9.17, 15) is 0 Å². The monoisotopic (exact) mass is 146 g/mol. The van der Waals surface area contributed by atoms with Gasteiger partial charge in [-0.25, -0.2) is 0 Å². The molecule has 1 atom stereocenters. The van der Waals surface area contributed by atoms with Crippen molar-refractivity contribution in [2.75, 3.05) is 6.61 Å². The van der Waals surface area contributed by atoms with Gasteiger partial charge in [0.2, 0.25) is 0 Å². The van der Waals surface area contributed by atoms with E-state index in [-0.39, 0.29) is 6.10 Å². The molecule has 0 aromatic rings. The Bertz CT molecular complexity index is 67.7. The Morgan fingerprint density at radius 1 is 1.30 bits per heavy atom. The van der Waals surface area contributed by atoms with Gasteiger partial charge in [0.25, 0.3) is 0 Å². The van der Waals surface area contributed by atoms with Gasteiger partial charge >= 0.3 is 0 Å². The minimum atomic E-state index is -0.333. The molecule has 0 saturated carbocycles. The fourth-order valence-electron chi connectivity index (χ4n) is 0.800. The van der Waals surface area contributed by atoms with E-state index in [1.54, 1.807) is 6.92 Å². The van der Waals surface area contributed by atoms with Crippen LogP contribution in [-0.2, 0) is 4.74 Å². The molecule has 0 saturated heterocycles. The standard InChI is InChI=1S/C8H18O2/c1-4-8(5-2)10-6-7(3)9/h7-9H,4-6H2,1-3H3. The SMILES string of the molecule is CCC(CC)OCC(C)O. The Morgan fingerprint density at radius 2 is 1.80 bits per heavy atom. The molecular formula is C8H18O2. The molecule has 1 unspecified atom stereocenters. The van der Waals surface area contributed by atoms with Crippen LogP contribution in [0.5, 0.6) is 0 Å². The number of hydrogen-bond acceptors (Lipinski definition) is 2. The zero-order chi connectivity index (χ0) is 7.98. The maximum absolute atomic E-state index is 8.87. The molecule has 0 aromatic carbocycles. The minimum Gasteiger partial charge on any atom is -0.391 e. The largest absolute Gasteiger partial charge is 0.391 e. The van der Waals surface area contributed by atoms with Gasteiger partial charge < -0.3 is 9.84 Å². The van der Waals surface area contributed by atoms with Gasteiger partial charge in [0, 0.05) is 0 Å². The summed E-state index contributed by atoms with van der Waals surface area (Å²) in [6.07, 6.45) is 2.06. The van der Waals surface area contributed by atoms with Crippen LogP contribution in [0.25, 0.3) is 0 Å². The van der Waals surface area contributed by atoms with Crippen molar-refractivity contribution in [3.8, 4) is 0 Å². The zero-order valence-electron chi connectivity index (χ0n) is 7.13. The maximum Gasteiger partial charge on any atom is 0.0745 e. The summed E-state index contributed by atoms with van der Waals surface area (Å²) in [5, 5.41) is 8.87. The van der Waals surface area contributed by atoms with Gasteiger partial charge in [-0.3, -0.25) is 0 Å². The van der Waals surface area contributed by atoms with Gasteiger partial charge in [0.15, 0.2) is 0 Å². The van der Waals surface area contributed by atoms with E-state index in [1.165, 1.54) is 0 Å². The molecule has 2 nitrogen and oxygen atoms in total. The molecule has 0 aromatic heterocycles. The number of ether oxygens (including phenoxy) is 1. The fourth-order valence-corrected chi connectivity index (χ4v) is 0.800. The maximum atomic E-state index is 8.87. The third kappa shape index (κ3) is 4.77. The normalized spacial score (nSPS) is 14.1. The zero-order valence-corrected chi connectivity index (χ0v) is 7.13. The van der Waals surface area contributed by atoms with Crippen LogP contribution in [0.1, 0.15) is 33.6 Å². The van der Waals surface area contributed by atoms with Crippen LogP contribution in [0.2, 0.25) is 0 Å². The van der Waals surface area contributed by atoms with Gasteiger partial charge in [-0.05, 0) is 19.8 Å². The average Bonchev–Trinajstić information content (AvgIpc) is 1.90. The van der Waals surface area contributed by atoms with Crippen LogP contribution >= 0.6 is 0 Å². The molecule has 0 spiro atoms. The second-order valence-electron chi connectivity index (χ2n) is 2.62. The molecule has 0 radical (unpaired) electrons. The summed E-state index contributed by atoms with van der Waals surface area (Å²) < 4.78 is 5.35. The first-order valence-corrected chi connectivity index (χ1v) is 4.00. The van der Waals surface area contributed by atoms with E-state index in [0.29, 0.717) is 12.7 Å². The molecule has 2 heteroatoms. The lowest BCUT2D eigenvalue weighted by atomic mass is 10.2. The Labute approximate surface area is 63.2 Å². The summed E-state index contributed by atoms with van der Waals surface area (Å²) in [7, 11) is 0. The van der Waals surface area contributed by atoms with Gasteiger partial charge in [-0.2, -0.15) is 0 Å². The molecule has 0 bridgehead atoms. The number of aliphatic hydroxyl groups excluding tert-OH is 1. The molecule has 0 amide bonds. The molecular weight excluding hydrogens is 128 g/mol. The second kappa shape index (κ2) is 5.69. The van der Waals surface area contributed by atoms with Gasteiger partial charge in [0.1, 0.15) is 0 Å². The third-order valence-corrected chi connectivity index (χ3v) is 1.48. The third-order valence-electron chi connectivity index (χ3n) is 1.48. The van der Waals surface area contributed by atoms with Crippen LogP contribution in [0.15, 0.2) is 0 Å². The number of hydrogen-bond donors (Lipinski definition) is 1. The van der Waals surface area contributed by atoms with Crippen LogP contribution in [0.4, 0.5) is 0 Å². The van der Waals surface area contributed by atoms with Gasteiger partial charge in [-0.1, -0.05) is 13.8 Å². The van der Waals surface area contributed by atoms with Crippen LogP contribution in [0.3, 0.4) is 0 Å². The molecule has 10 heavy (non-hydrogen) atoms. The Hall–Kier alpha value is -0.0800. The lowest BCUT2D eigenvalue weighted by molar-refractivity contribution is -0.00556. The van der Waals surface area contributed by atoms with E-state index in [1.807, 2.05) is 0 Å². The highest BCUT2D eigenvalue weighted by Crippen LogP contribution is 2.02. The van der Waals surface area contributed by atoms with Crippen molar-refractivity contribution >= 4 is 0 Å². The highest BCUT2D eigenvalue weighted by Gasteiger charge is 2.03. The molecule has 0 aliphatic heterocycles. The first-order chi connectivity index (χ1) is 4.70. The quantitative estimate of drug-likeness (QED) is 0.638. The van der Waals surface area contributed by atoms with E-state index < -0.39 is 0 Å². The predicted octanol–water partition coefficient (Wildman–Crippen LogP) is 1.57. The van der Waals surface area contributed by atoms with Crippen molar-refractivity contribution in [1.29, 1.82) is 0 Å². The van der Waals surface area contributed by atoms with E-state index >= 15 is 0 Å². The fraction of sp³-hybridized carbons (Fsp3) is 1.00. The lowest BCUT2D eigenvalue weighted by Crippen LogP contribution is -2.18. The molecule has 62 valence electrons. The van der Waals surface area contributed by atoms with Gasteiger partial charge in [0.05, 0.1) is 18.8 Å². The second-order valence-corrected chi connectivity index (χ2v) is 2.62. The molecule has 0 rings (SSSR count). The Morgan fingerprint density at radius 3 is 2.10 bits per heavy atom. The van der Waals surface area contributed by atoms with E-state index in [4.69, 9.17) is 9.84 Å². The Kier molecular flexibility index (Phi) is 5.64. The predicted molar refractivity (Wildman–Crippen MR) is 42.0 cm³/mol. The van der Waals surface area contributed by atoms with Crippen molar-refractivity contribution in [3.05, 3.63) is 0 Å². The highest BCUT2D eigenvalue weighted by atomic mass is 16.5. The van der Waals surface area contributed by atoms with Crippen molar-refractivity contribution in [2.24, 2.45) is 0 Å². The van der Waals surface area contributed by atoms with E-state index in [0.717, 1.165) is 12.8 Å². The topological polar surface area (TPSA) is 29.5 Å². The lowest BCUT2D eigenvalue weighted by Gasteiger charge is -2.14. The minimum absolute atomic E-state index is 0.328. The molecule has 0 aliphatic rings. The van der Waals surface area contributed by atoms with Gasteiger partial charge in [-0.15, -0.1) is 0 Å². The smallest absolute Gasteiger partial charge is 0.0745 e. The number of rotatable bonds is 5.